The minimum atomic E-state index is -1.92. The molecule has 0 atom stereocenters. The van der Waals surface area contributed by atoms with E-state index in [-0.39, 0.29) is 12.2 Å². The molecule has 5 nitrogen and oxygen atoms in total. The van der Waals surface area contributed by atoms with E-state index in [2.05, 4.69) is 6.92 Å². The highest BCUT2D eigenvalue weighted by Crippen LogP contribution is 2.13. The molecule has 0 fully saturated rings. The molecule has 5 heteroatoms. The predicted molar refractivity (Wildman–Crippen MR) is 89.4 cm³/mol. The molecule has 0 saturated heterocycles. The van der Waals surface area contributed by atoms with Gasteiger partial charge in [-0.15, -0.1) is 0 Å². The zero-order chi connectivity index (χ0) is 16.8. The van der Waals surface area contributed by atoms with Crippen LogP contribution >= 0.6 is 0 Å². The van der Waals surface area contributed by atoms with Gasteiger partial charge in [-0.2, -0.15) is 0 Å². The molecule has 0 aliphatic rings. The largest absolute Gasteiger partial charge is 0.479 e. The van der Waals surface area contributed by atoms with Gasteiger partial charge in [0.05, 0.1) is 0 Å². The number of nitrogens with two attached hydrogens (primary N) is 2. The van der Waals surface area contributed by atoms with Gasteiger partial charge in [0.1, 0.15) is 5.78 Å². The summed E-state index contributed by atoms with van der Waals surface area (Å²) in [5.41, 5.74) is 8.77. The van der Waals surface area contributed by atoms with Gasteiger partial charge in [-0.05, 0) is 6.42 Å². The molecule has 0 aromatic rings. The zero-order valence-corrected chi connectivity index (χ0v) is 14.1. The Hall–Kier alpha value is -0.940. The summed E-state index contributed by atoms with van der Waals surface area (Å²) in [5, 5.41) is 8.75. The maximum absolute atomic E-state index is 11.6. The lowest BCUT2D eigenvalue weighted by Gasteiger charge is -2.17. The maximum Gasteiger partial charge on any atom is 0.338 e. The monoisotopic (exact) mass is 314 g/mol. The summed E-state index contributed by atoms with van der Waals surface area (Å²) in [4.78, 5) is 22.3. The number of carbonyl (C=O) groups is 2. The standard InChI is InChI=1S/C17H34N2O3/c1-2-3-4-5-6-7-8-9-10-11-12-13-15(20)14-17(18,19)16(21)22/h2-14,18-19H2,1H3,(H,21,22). The van der Waals surface area contributed by atoms with Crippen molar-refractivity contribution in [1.82, 2.24) is 0 Å². The highest BCUT2D eigenvalue weighted by Gasteiger charge is 2.31. The molecule has 5 N–H and O–H groups in total. The first-order valence-corrected chi connectivity index (χ1v) is 8.73. The Morgan fingerprint density at radius 3 is 1.64 bits per heavy atom. The van der Waals surface area contributed by atoms with Gasteiger partial charge in [0.25, 0.3) is 0 Å². The summed E-state index contributed by atoms with van der Waals surface area (Å²) in [5.74, 6) is -1.50. The minimum absolute atomic E-state index is 0.164. The van der Waals surface area contributed by atoms with Crippen LogP contribution in [0.4, 0.5) is 0 Å². The van der Waals surface area contributed by atoms with E-state index >= 15 is 0 Å². The van der Waals surface area contributed by atoms with Crippen LogP contribution in [0.2, 0.25) is 0 Å². The second-order valence-electron chi connectivity index (χ2n) is 6.35. The molecule has 0 aromatic heterocycles. The number of rotatable bonds is 15. The number of unbranched alkanes of at least 4 members (excludes halogenated alkanes) is 10. The fraction of sp³-hybridized carbons (Fsp3) is 0.882. The molecule has 0 amide bonds. The molecule has 0 aliphatic carbocycles. The number of carbonyl (C=O) groups excluding carboxylic acids is 1. The van der Waals surface area contributed by atoms with Gasteiger partial charge in [-0.1, -0.05) is 71.1 Å². The van der Waals surface area contributed by atoms with Gasteiger partial charge in [-0.3, -0.25) is 4.79 Å². The second-order valence-corrected chi connectivity index (χ2v) is 6.35. The van der Waals surface area contributed by atoms with Crippen molar-refractivity contribution in [3.8, 4) is 0 Å². The Morgan fingerprint density at radius 1 is 0.818 bits per heavy atom. The van der Waals surface area contributed by atoms with Crippen molar-refractivity contribution in [3.63, 3.8) is 0 Å². The topological polar surface area (TPSA) is 106 Å². The van der Waals surface area contributed by atoms with Crippen LogP contribution in [0.25, 0.3) is 0 Å². The zero-order valence-electron chi connectivity index (χ0n) is 14.1. The van der Waals surface area contributed by atoms with Crippen molar-refractivity contribution < 1.29 is 14.7 Å². The first kappa shape index (κ1) is 21.1. The number of carboxylic acid groups (broad SMARTS) is 1. The Bertz CT molecular complexity index is 317. The number of ketones is 1. The smallest absolute Gasteiger partial charge is 0.338 e. The molecule has 0 unspecified atom stereocenters. The fourth-order valence-corrected chi connectivity index (χ4v) is 2.48. The summed E-state index contributed by atoms with van der Waals surface area (Å²) >= 11 is 0. The Labute approximate surface area is 134 Å². The molecule has 0 aliphatic heterocycles. The molecular formula is C17H34N2O3. The fourth-order valence-electron chi connectivity index (χ4n) is 2.48. The highest BCUT2D eigenvalue weighted by atomic mass is 16.4. The van der Waals surface area contributed by atoms with Crippen LogP contribution in [-0.2, 0) is 9.59 Å². The summed E-state index contributed by atoms with van der Waals surface area (Å²) in [6.45, 7) is 2.23. The van der Waals surface area contributed by atoms with Crippen molar-refractivity contribution in [2.45, 2.75) is 96.1 Å². The molecule has 130 valence electrons. The first-order valence-electron chi connectivity index (χ1n) is 8.73. The Kier molecular flexibility index (Phi) is 12.1. The van der Waals surface area contributed by atoms with Gasteiger partial charge in [-0.25, -0.2) is 4.79 Å². The van der Waals surface area contributed by atoms with Gasteiger partial charge >= 0.3 is 5.97 Å². The normalized spacial score (nSPS) is 11.6. The van der Waals surface area contributed by atoms with Crippen LogP contribution in [-0.4, -0.2) is 22.5 Å². The molecule has 0 radical (unpaired) electrons. The summed E-state index contributed by atoms with van der Waals surface area (Å²) in [7, 11) is 0. The molecule has 22 heavy (non-hydrogen) atoms. The number of hydrogen-bond acceptors (Lipinski definition) is 4. The summed E-state index contributed by atoms with van der Waals surface area (Å²) in [6.07, 6.45) is 13.5. The van der Waals surface area contributed by atoms with E-state index in [1.807, 2.05) is 0 Å². The average Bonchev–Trinajstić information content (AvgIpc) is 2.44. The van der Waals surface area contributed by atoms with Crippen LogP contribution in [0.3, 0.4) is 0 Å². The second kappa shape index (κ2) is 12.6. The molecule has 0 aromatic carbocycles. The predicted octanol–water partition coefficient (Wildman–Crippen LogP) is 3.34. The van der Waals surface area contributed by atoms with Crippen LogP contribution < -0.4 is 11.5 Å². The van der Waals surface area contributed by atoms with E-state index in [1.165, 1.54) is 51.4 Å². The third-order valence-electron chi connectivity index (χ3n) is 3.95. The van der Waals surface area contributed by atoms with E-state index in [0.717, 1.165) is 19.3 Å². The molecule has 0 bridgehead atoms. The van der Waals surface area contributed by atoms with Crippen LogP contribution in [0, 0.1) is 0 Å². The molecule has 0 rings (SSSR count). The molecule has 0 heterocycles. The van der Waals surface area contributed by atoms with E-state index in [1.54, 1.807) is 0 Å². The minimum Gasteiger partial charge on any atom is -0.479 e. The van der Waals surface area contributed by atoms with Gasteiger partial charge in [0, 0.05) is 12.8 Å². The van der Waals surface area contributed by atoms with Crippen LogP contribution in [0.1, 0.15) is 90.4 Å². The maximum atomic E-state index is 11.6. The SMILES string of the molecule is CCCCCCCCCCCCCC(=O)CC(N)(N)C(=O)O. The summed E-state index contributed by atoms with van der Waals surface area (Å²) in [6, 6.07) is 0. The first-order chi connectivity index (χ1) is 10.4. The van der Waals surface area contributed by atoms with Gasteiger partial charge in [0.15, 0.2) is 5.66 Å². The number of carboxylic acids is 1. The van der Waals surface area contributed by atoms with Crippen molar-refractivity contribution >= 4 is 11.8 Å². The van der Waals surface area contributed by atoms with Crippen LogP contribution in [0.5, 0.6) is 0 Å². The molecule has 0 saturated carbocycles. The van der Waals surface area contributed by atoms with E-state index < -0.39 is 11.6 Å². The average molecular weight is 314 g/mol. The van der Waals surface area contributed by atoms with Crippen molar-refractivity contribution in [2.24, 2.45) is 11.5 Å². The van der Waals surface area contributed by atoms with E-state index in [9.17, 15) is 9.59 Å². The third-order valence-corrected chi connectivity index (χ3v) is 3.95. The van der Waals surface area contributed by atoms with Crippen molar-refractivity contribution in [2.75, 3.05) is 0 Å². The van der Waals surface area contributed by atoms with Crippen LogP contribution in [0.15, 0.2) is 0 Å². The van der Waals surface area contributed by atoms with Crippen molar-refractivity contribution in [3.05, 3.63) is 0 Å². The van der Waals surface area contributed by atoms with E-state index in [0.29, 0.717) is 6.42 Å². The number of hydrogen-bond donors (Lipinski definition) is 3. The third kappa shape index (κ3) is 11.7. The molecular weight excluding hydrogens is 280 g/mol. The molecule has 0 spiro atoms. The summed E-state index contributed by atoms with van der Waals surface area (Å²) < 4.78 is 0. The lowest BCUT2D eigenvalue weighted by molar-refractivity contribution is -0.145. The van der Waals surface area contributed by atoms with Gasteiger partial charge in [0.2, 0.25) is 0 Å². The van der Waals surface area contributed by atoms with E-state index in [4.69, 9.17) is 16.6 Å². The highest BCUT2D eigenvalue weighted by molar-refractivity contribution is 5.88. The lowest BCUT2D eigenvalue weighted by Crippen LogP contribution is -2.57. The number of aliphatic carboxylic acids is 1. The quantitative estimate of drug-likeness (QED) is 0.317. The Morgan fingerprint density at radius 2 is 1.23 bits per heavy atom. The Balaban J connectivity index is 3.39. The van der Waals surface area contributed by atoms with Gasteiger partial charge < -0.3 is 16.6 Å². The number of Topliss-reactive ketones (excluding diaryl/α,β-unsaturated/α-hetero) is 1. The van der Waals surface area contributed by atoms with Crippen molar-refractivity contribution in [1.29, 1.82) is 0 Å². The lowest BCUT2D eigenvalue weighted by atomic mass is 10.00.